The van der Waals surface area contributed by atoms with Gasteiger partial charge in [-0.2, -0.15) is 0 Å². The lowest BCUT2D eigenvalue weighted by molar-refractivity contribution is -0.0205. The Morgan fingerprint density at radius 2 is 2.25 bits per heavy atom. The minimum Gasteiger partial charge on any atom is -0.378 e. The van der Waals surface area contributed by atoms with Gasteiger partial charge < -0.3 is 19.5 Å². The van der Waals surface area contributed by atoms with E-state index in [2.05, 4.69) is 29.6 Å². The average molecular weight is 277 g/mol. The molecule has 20 heavy (non-hydrogen) atoms. The van der Waals surface area contributed by atoms with Gasteiger partial charge in [0.1, 0.15) is 5.60 Å². The summed E-state index contributed by atoms with van der Waals surface area (Å²) in [5, 5.41) is 3.50. The van der Waals surface area contributed by atoms with Crippen LogP contribution in [0, 0.1) is 0 Å². The van der Waals surface area contributed by atoms with E-state index >= 15 is 0 Å². The van der Waals surface area contributed by atoms with Crippen LogP contribution in [0.15, 0.2) is 24.3 Å². The third-order valence-electron chi connectivity index (χ3n) is 4.37. The lowest BCUT2D eigenvalue weighted by atomic mass is 9.97. The van der Waals surface area contributed by atoms with Gasteiger partial charge in [0, 0.05) is 33.2 Å². The van der Waals surface area contributed by atoms with Crippen molar-refractivity contribution in [2.24, 2.45) is 0 Å². The van der Waals surface area contributed by atoms with Crippen LogP contribution in [0.25, 0.3) is 0 Å². The molecule has 0 amide bonds. The van der Waals surface area contributed by atoms with Crippen LogP contribution >= 0.6 is 0 Å². The lowest BCUT2D eigenvalue weighted by Gasteiger charge is -2.29. The zero-order chi connectivity index (χ0) is 13.8. The van der Waals surface area contributed by atoms with Crippen molar-refractivity contribution in [3.8, 4) is 0 Å². The zero-order valence-electron chi connectivity index (χ0n) is 12.1. The maximum absolute atomic E-state index is 5.90. The second kappa shape index (κ2) is 6.22. The maximum Gasteiger partial charge on any atom is 0.106 e. The van der Waals surface area contributed by atoms with Crippen LogP contribution in [-0.2, 0) is 20.6 Å². The molecule has 1 aromatic carbocycles. The van der Waals surface area contributed by atoms with Crippen molar-refractivity contribution in [1.29, 1.82) is 0 Å². The number of hydrogen-bond acceptors (Lipinski definition) is 4. The molecule has 2 aliphatic rings. The van der Waals surface area contributed by atoms with E-state index < -0.39 is 0 Å². The van der Waals surface area contributed by atoms with Crippen LogP contribution < -0.4 is 5.32 Å². The van der Waals surface area contributed by atoms with Crippen LogP contribution in [0.4, 0.5) is 0 Å². The normalized spacial score (nSPS) is 29.4. The molecule has 2 unspecified atom stereocenters. The van der Waals surface area contributed by atoms with Gasteiger partial charge in [-0.1, -0.05) is 24.3 Å². The second-order valence-corrected chi connectivity index (χ2v) is 5.63. The fourth-order valence-electron chi connectivity index (χ4n) is 3.04. The molecule has 2 heterocycles. The average Bonchev–Trinajstić information content (AvgIpc) is 2.97. The number of methoxy groups -OCH3 is 1. The number of hydrogen-bond donors (Lipinski definition) is 1. The van der Waals surface area contributed by atoms with Gasteiger partial charge in [-0.3, -0.25) is 0 Å². The molecule has 0 radical (unpaired) electrons. The number of rotatable bonds is 5. The molecular formula is C16H23NO3. The summed E-state index contributed by atoms with van der Waals surface area (Å²) < 4.78 is 17.0. The summed E-state index contributed by atoms with van der Waals surface area (Å²) in [6.07, 6.45) is 2.12. The minimum absolute atomic E-state index is 0.149. The molecule has 3 rings (SSSR count). The van der Waals surface area contributed by atoms with Crippen molar-refractivity contribution in [1.82, 2.24) is 5.32 Å². The van der Waals surface area contributed by atoms with Gasteiger partial charge in [-0.15, -0.1) is 0 Å². The molecule has 1 saturated heterocycles. The van der Waals surface area contributed by atoms with Crippen molar-refractivity contribution in [2.45, 2.75) is 24.5 Å². The molecule has 4 heteroatoms. The van der Waals surface area contributed by atoms with Crippen molar-refractivity contribution in [3.05, 3.63) is 35.4 Å². The van der Waals surface area contributed by atoms with Crippen LogP contribution in [0.3, 0.4) is 0 Å². The molecule has 0 aromatic heterocycles. The predicted molar refractivity (Wildman–Crippen MR) is 76.9 cm³/mol. The van der Waals surface area contributed by atoms with Crippen molar-refractivity contribution in [2.75, 3.05) is 40.0 Å². The highest BCUT2D eigenvalue weighted by Gasteiger charge is 2.34. The summed E-state index contributed by atoms with van der Waals surface area (Å²) in [5.74, 6) is 0. The van der Waals surface area contributed by atoms with Gasteiger partial charge in [0.25, 0.3) is 0 Å². The highest BCUT2D eigenvalue weighted by molar-refractivity contribution is 5.31. The molecule has 4 nitrogen and oxygen atoms in total. The van der Waals surface area contributed by atoms with Crippen LogP contribution in [0.2, 0.25) is 0 Å². The van der Waals surface area contributed by atoms with Crippen LogP contribution in [-0.4, -0.2) is 45.6 Å². The van der Waals surface area contributed by atoms with E-state index in [9.17, 15) is 0 Å². The molecule has 2 aliphatic heterocycles. The Bertz CT molecular complexity index is 443. The first-order chi connectivity index (χ1) is 9.83. The summed E-state index contributed by atoms with van der Waals surface area (Å²) >= 11 is 0. The van der Waals surface area contributed by atoms with E-state index in [1.165, 1.54) is 11.1 Å². The number of fused-ring (bicyclic) bond motifs is 1. The largest absolute Gasteiger partial charge is 0.378 e. The Balaban J connectivity index is 1.57. The Hall–Kier alpha value is -0.940. The second-order valence-electron chi connectivity index (χ2n) is 5.63. The molecule has 0 bridgehead atoms. The molecule has 1 fully saturated rings. The standard InChI is InChI=1S/C16H23NO3/c1-18-16(7-9-19-12-16)11-17-10-15-14-5-3-2-4-13(14)6-8-20-15/h2-5,15,17H,6-12H2,1H3. The van der Waals surface area contributed by atoms with Crippen molar-refractivity contribution in [3.63, 3.8) is 0 Å². The number of ether oxygens (including phenoxy) is 3. The number of benzene rings is 1. The molecule has 1 N–H and O–H groups in total. The van der Waals surface area contributed by atoms with E-state index in [0.29, 0.717) is 6.61 Å². The SMILES string of the molecule is COC1(CNCC2OCCc3ccccc32)CCOC1. The first-order valence-corrected chi connectivity index (χ1v) is 7.36. The van der Waals surface area contributed by atoms with E-state index in [1.807, 2.05) is 0 Å². The van der Waals surface area contributed by atoms with Crippen molar-refractivity contribution >= 4 is 0 Å². The predicted octanol–water partition coefficient (Wildman–Crippen LogP) is 1.70. The Morgan fingerprint density at radius 3 is 3.05 bits per heavy atom. The summed E-state index contributed by atoms with van der Waals surface area (Å²) in [6.45, 7) is 3.91. The first-order valence-electron chi connectivity index (χ1n) is 7.36. The summed E-state index contributed by atoms with van der Waals surface area (Å²) in [6, 6.07) is 8.56. The van der Waals surface area contributed by atoms with Crippen LogP contribution in [0.5, 0.6) is 0 Å². The Morgan fingerprint density at radius 1 is 1.35 bits per heavy atom. The fraction of sp³-hybridized carbons (Fsp3) is 0.625. The monoisotopic (exact) mass is 277 g/mol. The first kappa shape index (κ1) is 14.0. The van der Waals surface area contributed by atoms with Gasteiger partial charge in [0.05, 0.1) is 19.3 Å². The topological polar surface area (TPSA) is 39.7 Å². The molecule has 0 spiro atoms. The van der Waals surface area contributed by atoms with Crippen LogP contribution in [0.1, 0.15) is 23.7 Å². The third kappa shape index (κ3) is 2.88. The smallest absolute Gasteiger partial charge is 0.106 e. The van der Waals surface area contributed by atoms with Gasteiger partial charge in [0.2, 0.25) is 0 Å². The highest BCUT2D eigenvalue weighted by Crippen LogP contribution is 2.27. The summed E-state index contributed by atoms with van der Waals surface area (Å²) in [4.78, 5) is 0. The third-order valence-corrected chi connectivity index (χ3v) is 4.37. The van der Waals surface area contributed by atoms with Gasteiger partial charge in [-0.25, -0.2) is 0 Å². The summed E-state index contributed by atoms with van der Waals surface area (Å²) in [7, 11) is 1.77. The quantitative estimate of drug-likeness (QED) is 0.889. The lowest BCUT2D eigenvalue weighted by Crippen LogP contribution is -2.44. The highest BCUT2D eigenvalue weighted by atomic mass is 16.5. The van der Waals surface area contributed by atoms with Gasteiger partial charge >= 0.3 is 0 Å². The van der Waals surface area contributed by atoms with E-state index in [4.69, 9.17) is 14.2 Å². The zero-order valence-corrected chi connectivity index (χ0v) is 12.1. The molecular weight excluding hydrogens is 254 g/mol. The van der Waals surface area contributed by atoms with E-state index in [-0.39, 0.29) is 11.7 Å². The molecule has 1 aromatic rings. The van der Waals surface area contributed by atoms with Crippen molar-refractivity contribution < 1.29 is 14.2 Å². The van der Waals surface area contributed by atoms with Gasteiger partial charge in [-0.05, 0) is 17.5 Å². The molecule has 0 saturated carbocycles. The summed E-state index contributed by atoms with van der Waals surface area (Å²) in [5.41, 5.74) is 2.57. The minimum atomic E-state index is -0.159. The van der Waals surface area contributed by atoms with Gasteiger partial charge in [0.15, 0.2) is 0 Å². The van der Waals surface area contributed by atoms with E-state index in [1.54, 1.807) is 7.11 Å². The Labute approximate surface area is 120 Å². The number of nitrogens with one attached hydrogen (secondary N) is 1. The maximum atomic E-state index is 5.90. The fourth-order valence-corrected chi connectivity index (χ4v) is 3.04. The molecule has 0 aliphatic carbocycles. The van der Waals surface area contributed by atoms with E-state index in [0.717, 1.165) is 39.1 Å². The molecule has 2 atom stereocenters. The molecule has 110 valence electrons. The Kier molecular flexibility index (Phi) is 4.36.